The van der Waals surface area contributed by atoms with E-state index in [9.17, 15) is 4.79 Å². The molecule has 4 rings (SSSR count). The fourth-order valence-corrected chi connectivity index (χ4v) is 3.35. The molecule has 0 radical (unpaired) electrons. The number of imidazole rings is 1. The molecule has 1 amide bonds. The van der Waals surface area contributed by atoms with Crippen molar-refractivity contribution < 1.29 is 4.79 Å². The first-order valence-corrected chi connectivity index (χ1v) is 9.24. The van der Waals surface area contributed by atoms with Gasteiger partial charge in [0.1, 0.15) is 11.6 Å². The molecule has 2 aromatic heterocycles. The number of nitrogens with one attached hydrogen (secondary N) is 2. The Morgan fingerprint density at radius 1 is 0.893 bits per heavy atom. The van der Waals surface area contributed by atoms with E-state index in [1.165, 1.54) is 0 Å². The third-order valence-corrected chi connectivity index (χ3v) is 5.05. The van der Waals surface area contributed by atoms with Gasteiger partial charge < -0.3 is 10.3 Å². The molecule has 28 heavy (non-hydrogen) atoms. The van der Waals surface area contributed by atoms with Crippen molar-refractivity contribution >= 4 is 22.8 Å². The lowest BCUT2D eigenvalue weighted by Gasteiger charge is -2.06. The van der Waals surface area contributed by atoms with Crippen LogP contribution in [0.3, 0.4) is 0 Å². The number of pyridine rings is 1. The van der Waals surface area contributed by atoms with Gasteiger partial charge in [0.25, 0.3) is 5.91 Å². The summed E-state index contributed by atoms with van der Waals surface area (Å²) in [6.45, 7) is 8.07. The van der Waals surface area contributed by atoms with Crippen LogP contribution < -0.4 is 5.32 Å². The number of carbonyl (C=O) groups is 1. The number of carbonyl (C=O) groups excluding carboxylic acids is 1. The van der Waals surface area contributed by atoms with E-state index in [2.05, 4.69) is 41.3 Å². The smallest absolute Gasteiger partial charge is 0.256 e. The number of amides is 1. The van der Waals surface area contributed by atoms with Crippen LogP contribution in [0, 0.1) is 27.7 Å². The lowest BCUT2D eigenvalue weighted by molar-refractivity contribution is 0.102. The van der Waals surface area contributed by atoms with Crippen molar-refractivity contribution in [2.45, 2.75) is 27.7 Å². The maximum atomic E-state index is 12.7. The van der Waals surface area contributed by atoms with Crippen LogP contribution >= 0.6 is 0 Å². The molecule has 5 nitrogen and oxygen atoms in total. The first kappa shape index (κ1) is 17.9. The van der Waals surface area contributed by atoms with Crippen LogP contribution in [0.2, 0.25) is 0 Å². The van der Waals surface area contributed by atoms with Gasteiger partial charge in [0.05, 0.1) is 11.0 Å². The predicted molar refractivity (Wildman–Crippen MR) is 113 cm³/mol. The molecule has 4 aromatic rings. The fourth-order valence-electron chi connectivity index (χ4n) is 3.35. The van der Waals surface area contributed by atoms with Gasteiger partial charge in [0.2, 0.25) is 0 Å². The summed E-state index contributed by atoms with van der Waals surface area (Å²) in [4.78, 5) is 25.1. The third-order valence-electron chi connectivity index (χ3n) is 5.05. The Bertz CT molecular complexity index is 1190. The summed E-state index contributed by atoms with van der Waals surface area (Å²) >= 11 is 0. The van der Waals surface area contributed by atoms with Crippen molar-refractivity contribution in [3.05, 3.63) is 76.5 Å². The van der Waals surface area contributed by atoms with Crippen molar-refractivity contribution in [3.8, 4) is 11.4 Å². The lowest BCUT2D eigenvalue weighted by atomic mass is 10.0. The van der Waals surface area contributed by atoms with Crippen molar-refractivity contribution in [3.63, 3.8) is 0 Å². The number of fused-ring (bicyclic) bond motifs is 1. The molecule has 0 bridgehead atoms. The first-order chi connectivity index (χ1) is 13.4. The number of aryl methyl sites for hydroxylation is 4. The maximum absolute atomic E-state index is 12.7. The topological polar surface area (TPSA) is 70.7 Å². The minimum Gasteiger partial charge on any atom is -0.338 e. The summed E-state index contributed by atoms with van der Waals surface area (Å²) in [5.41, 5.74) is 7.65. The molecule has 2 N–H and O–H groups in total. The second-order valence-corrected chi connectivity index (χ2v) is 7.14. The molecule has 0 spiro atoms. The zero-order valence-corrected chi connectivity index (χ0v) is 16.4. The summed E-state index contributed by atoms with van der Waals surface area (Å²) in [6.07, 6.45) is 0. The van der Waals surface area contributed by atoms with Crippen molar-refractivity contribution in [2.75, 3.05) is 5.32 Å². The zero-order valence-electron chi connectivity index (χ0n) is 16.4. The standard InChI is InChI=1S/C23H22N4O/c1-13-8-11-20(24-16(13)4)27-23(28)17-9-10-18-19(12-17)26-22(25-18)21-14(2)6-5-7-15(21)3/h5-12H,1-4H3,(H,25,26)(H,24,27,28). The molecule has 140 valence electrons. The van der Waals surface area contributed by atoms with Gasteiger partial charge in [-0.25, -0.2) is 9.97 Å². The average Bonchev–Trinajstić information content (AvgIpc) is 3.07. The number of H-pyrrole nitrogens is 1. The molecule has 2 aromatic carbocycles. The lowest BCUT2D eigenvalue weighted by Crippen LogP contribution is -2.13. The largest absolute Gasteiger partial charge is 0.338 e. The number of anilines is 1. The Kier molecular flexibility index (Phi) is 4.43. The van der Waals surface area contributed by atoms with Gasteiger partial charge in [-0.3, -0.25) is 4.79 Å². The quantitative estimate of drug-likeness (QED) is 0.526. The summed E-state index contributed by atoms with van der Waals surface area (Å²) in [5.74, 6) is 1.17. The Balaban J connectivity index is 1.66. The maximum Gasteiger partial charge on any atom is 0.256 e. The number of nitrogens with zero attached hydrogens (tertiary/aromatic N) is 2. The van der Waals surface area contributed by atoms with Gasteiger partial charge in [-0.05, 0) is 68.7 Å². The van der Waals surface area contributed by atoms with E-state index in [1.807, 2.05) is 44.2 Å². The van der Waals surface area contributed by atoms with E-state index in [4.69, 9.17) is 4.98 Å². The van der Waals surface area contributed by atoms with Crippen LogP contribution in [-0.2, 0) is 0 Å². The summed E-state index contributed by atoms with van der Waals surface area (Å²) in [5, 5.41) is 2.86. The number of aromatic amines is 1. The van der Waals surface area contributed by atoms with Gasteiger partial charge in [0, 0.05) is 16.8 Å². The van der Waals surface area contributed by atoms with Crippen molar-refractivity contribution in [2.24, 2.45) is 0 Å². The Morgan fingerprint density at radius 2 is 1.64 bits per heavy atom. The third kappa shape index (κ3) is 3.27. The molecular weight excluding hydrogens is 348 g/mol. The second kappa shape index (κ2) is 6.93. The minimum atomic E-state index is -0.194. The van der Waals surface area contributed by atoms with E-state index < -0.39 is 0 Å². The highest BCUT2D eigenvalue weighted by molar-refractivity contribution is 6.05. The monoisotopic (exact) mass is 370 g/mol. The van der Waals surface area contributed by atoms with Crippen molar-refractivity contribution in [1.29, 1.82) is 0 Å². The van der Waals surface area contributed by atoms with Crippen LogP contribution in [0.1, 0.15) is 32.7 Å². The number of rotatable bonds is 3. The van der Waals surface area contributed by atoms with Gasteiger partial charge in [-0.15, -0.1) is 0 Å². The predicted octanol–water partition coefficient (Wildman–Crippen LogP) is 5.11. The number of hydrogen-bond donors (Lipinski definition) is 2. The molecule has 0 aliphatic carbocycles. The van der Waals surface area contributed by atoms with E-state index in [1.54, 1.807) is 6.07 Å². The summed E-state index contributed by atoms with van der Waals surface area (Å²) in [7, 11) is 0. The minimum absolute atomic E-state index is 0.194. The van der Waals surface area contributed by atoms with E-state index in [-0.39, 0.29) is 5.91 Å². The Morgan fingerprint density at radius 3 is 2.36 bits per heavy atom. The van der Waals surface area contributed by atoms with Crippen LogP contribution in [0.15, 0.2) is 48.5 Å². The van der Waals surface area contributed by atoms with E-state index >= 15 is 0 Å². The Hall–Kier alpha value is -3.47. The molecule has 0 saturated heterocycles. The molecule has 0 aliphatic rings. The van der Waals surface area contributed by atoms with E-state index in [0.29, 0.717) is 11.4 Å². The highest BCUT2D eigenvalue weighted by atomic mass is 16.1. The molecule has 0 fully saturated rings. The highest BCUT2D eigenvalue weighted by Crippen LogP contribution is 2.27. The van der Waals surface area contributed by atoms with Gasteiger partial charge in [0.15, 0.2) is 0 Å². The van der Waals surface area contributed by atoms with Crippen LogP contribution in [0.5, 0.6) is 0 Å². The van der Waals surface area contributed by atoms with Crippen LogP contribution in [0.4, 0.5) is 5.82 Å². The van der Waals surface area contributed by atoms with E-state index in [0.717, 1.165) is 44.8 Å². The molecule has 5 heteroatoms. The SMILES string of the molecule is Cc1ccc(NC(=O)c2ccc3nc(-c4c(C)cccc4C)[nH]c3c2)nc1C. The molecular formula is C23H22N4O. The van der Waals surface area contributed by atoms with Crippen molar-refractivity contribution in [1.82, 2.24) is 15.0 Å². The molecule has 0 unspecified atom stereocenters. The summed E-state index contributed by atoms with van der Waals surface area (Å²) in [6, 6.07) is 15.4. The molecule has 0 aliphatic heterocycles. The molecule has 0 saturated carbocycles. The Labute approximate surface area is 163 Å². The molecule has 2 heterocycles. The second-order valence-electron chi connectivity index (χ2n) is 7.14. The van der Waals surface area contributed by atoms with Crippen LogP contribution in [-0.4, -0.2) is 20.9 Å². The van der Waals surface area contributed by atoms with Gasteiger partial charge in [-0.1, -0.05) is 24.3 Å². The molecule has 0 atom stereocenters. The first-order valence-electron chi connectivity index (χ1n) is 9.24. The number of aromatic nitrogens is 3. The normalized spacial score (nSPS) is 11.0. The fraction of sp³-hybridized carbons (Fsp3) is 0.174. The van der Waals surface area contributed by atoms with Crippen LogP contribution in [0.25, 0.3) is 22.4 Å². The van der Waals surface area contributed by atoms with Gasteiger partial charge >= 0.3 is 0 Å². The number of hydrogen-bond acceptors (Lipinski definition) is 3. The van der Waals surface area contributed by atoms with Gasteiger partial charge in [-0.2, -0.15) is 0 Å². The summed E-state index contributed by atoms with van der Waals surface area (Å²) < 4.78 is 0. The zero-order chi connectivity index (χ0) is 19.8. The highest BCUT2D eigenvalue weighted by Gasteiger charge is 2.13. The average molecular weight is 370 g/mol. The number of benzene rings is 2.